The number of anilines is 1. The van der Waals surface area contributed by atoms with Gasteiger partial charge in [0, 0.05) is 55.6 Å². The molecule has 11 heteroatoms. The van der Waals surface area contributed by atoms with Crippen molar-refractivity contribution < 1.29 is 24.3 Å². The molecule has 4 amide bonds. The molecule has 0 radical (unpaired) electrons. The number of para-hydroxylation sites is 1. The SMILES string of the molecule is CCC(=O)N(c1ccccc1)C1CCN(C(=O)[C@H](Cc2ccc(Cl)cc2)NC(=O)[C@@H]2Cc3ccccc3CN2C(=O)[C@@H](N)Cc2c(C)cc(O)cc2C)CC1. The van der Waals surface area contributed by atoms with Crippen molar-refractivity contribution in [2.45, 2.75) is 90.0 Å². The third-order valence-electron chi connectivity index (χ3n) is 11.0. The fourth-order valence-corrected chi connectivity index (χ4v) is 8.13. The van der Waals surface area contributed by atoms with Crippen LogP contribution in [0.15, 0.2) is 91.0 Å². The van der Waals surface area contributed by atoms with Crippen molar-refractivity contribution in [2.24, 2.45) is 5.73 Å². The predicted octanol–water partition coefficient (Wildman–Crippen LogP) is 5.65. The van der Waals surface area contributed by atoms with E-state index in [1.165, 1.54) is 0 Å². The van der Waals surface area contributed by atoms with Gasteiger partial charge in [0.2, 0.25) is 23.6 Å². The Hall–Kier alpha value is -5.19. The first-order valence-electron chi connectivity index (χ1n) is 19.1. The van der Waals surface area contributed by atoms with E-state index in [4.69, 9.17) is 17.3 Å². The molecule has 1 saturated heterocycles. The molecular weight excluding hydrogens is 714 g/mol. The maximum atomic E-state index is 14.5. The van der Waals surface area contributed by atoms with Gasteiger partial charge in [0.1, 0.15) is 17.8 Å². The van der Waals surface area contributed by atoms with Crippen LogP contribution in [0.3, 0.4) is 0 Å². The maximum Gasteiger partial charge on any atom is 0.245 e. The van der Waals surface area contributed by atoms with Crippen LogP contribution in [0.5, 0.6) is 5.75 Å². The zero-order chi connectivity index (χ0) is 39.2. The van der Waals surface area contributed by atoms with E-state index < -0.39 is 24.0 Å². The molecule has 288 valence electrons. The third-order valence-corrected chi connectivity index (χ3v) is 11.2. The van der Waals surface area contributed by atoms with Crippen LogP contribution in [0, 0.1) is 13.8 Å². The fourth-order valence-electron chi connectivity index (χ4n) is 8.01. The van der Waals surface area contributed by atoms with Crippen molar-refractivity contribution in [3.8, 4) is 5.75 Å². The number of hydrogen-bond donors (Lipinski definition) is 3. The van der Waals surface area contributed by atoms with Gasteiger partial charge in [-0.2, -0.15) is 0 Å². The number of fused-ring (bicyclic) bond motifs is 1. The quantitative estimate of drug-likeness (QED) is 0.181. The Balaban J connectivity index is 1.23. The van der Waals surface area contributed by atoms with Gasteiger partial charge in [-0.3, -0.25) is 19.2 Å². The van der Waals surface area contributed by atoms with Gasteiger partial charge in [-0.05, 0) is 103 Å². The van der Waals surface area contributed by atoms with Gasteiger partial charge >= 0.3 is 0 Å². The number of benzene rings is 4. The minimum Gasteiger partial charge on any atom is -0.508 e. The van der Waals surface area contributed by atoms with Crippen LogP contribution in [-0.2, 0) is 45.0 Å². The summed E-state index contributed by atoms with van der Waals surface area (Å²) in [6, 6.07) is 25.0. The van der Waals surface area contributed by atoms with Crippen LogP contribution in [0.1, 0.15) is 59.6 Å². The Morgan fingerprint density at radius 3 is 2.13 bits per heavy atom. The molecule has 2 heterocycles. The summed E-state index contributed by atoms with van der Waals surface area (Å²) in [6.07, 6.45) is 2.28. The first-order chi connectivity index (χ1) is 26.4. The van der Waals surface area contributed by atoms with Gasteiger partial charge in [0.25, 0.3) is 0 Å². The molecule has 2 aliphatic rings. The van der Waals surface area contributed by atoms with Crippen LogP contribution in [-0.4, -0.2) is 75.8 Å². The van der Waals surface area contributed by atoms with Crippen molar-refractivity contribution in [1.82, 2.24) is 15.1 Å². The maximum absolute atomic E-state index is 14.5. The predicted molar refractivity (Wildman–Crippen MR) is 215 cm³/mol. The molecule has 0 bridgehead atoms. The van der Waals surface area contributed by atoms with Gasteiger partial charge < -0.3 is 30.9 Å². The largest absolute Gasteiger partial charge is 0.508 e. The van der Waals surface area contributed by atoms with Crippen molar-refractivity contribution in [2.75, 3.05) is 18.0 Å². The summed E-state index contributed by atoms with van der Waals surface area (Å²) in [7, 11) is 0. The summed E-state index contributed by atoms with van der Waals surface area (Å²) in [4.78, 5) is 61.4. The zero-order valence-electron chi connectivity index (χ0n) is 31.7. The molecule has 0 spiro atoms. The first-order valence-corrected chi connectivity index (χ1v) is 19.4. The van der Waals surface area contributed by atoms with Gasteiger partial charge in [0.15, 0.2) is 0 Å². The standard InChI is InChI=1S/C44H50ClN5O5/c1-4-41(52)50(34-12-6-5-7-13-34)35-18-20-48(21-19-35)44(55)39(24-30-14-16-33(45)17-15-30)47-42(53)40-25-31-10-8-9-11-32(31)27-49(40)43(54)38(46)26-37-28(2)22-36(51)23-29(37)3/h5-17,22-23,35,38-40,51H,4,18-21,24-27,46H2,1-3H3,(H,47,53)/t38-,39-,40-/m0/s1. The molecule has 4 aromatic carbocycles. The highest BCUT2D eigenvalue weighted by atomic mass is 35.5. The Bertz CT molecular complexity index is 1990. The summed E-state index contributed by atoms with van der Waals surface area (Å²) < 4.78 is 0. The Kier molecular flexibility index (Phi) is 12.6. The number of likely N-dealkylation sites (tertiary alicyclic amines) is 1. The zero-order valence-corrected chi connectivity index (χ0v) is 32.5. The van der Waals surface area contributed by atoms with Gasteiger partial charge in [-0.1, -0.05) is 73.1 Å². The summed E-state index contributed by atoms with van der Waals surface area (Å²) >= 11 is 6.19. The number of aromatic hydroxyl groups is 1. The average molecular weight is 764 g/mol. The normalized spacial score (nSPS) is 16.9. The van der Waals surface area contributed by atoms with E-state index in [0.717, 1.165) is 39.1 Å². The van der Waals surface area contributed by atoms with Crippen LogP contribution in [0.2, 0.25) is 5.02 Å². The molecule has 0 aromatic heterocycles. The van der Waals surface area contributed by atoms with Gasteiger partial charge in [-0.15, -0.1) is 0 Å². The number of phenolic OH excluding ortho intramolecular Hbond substituents is 1. The number of aryl methyl sites for hydroxylation is 2. The van der Waals surface area contributed by atoms with E-state index in [-0.39, 0.29) is 55.3 Å². The van der Waals surface area contributed by atoms with E-state index in [1.54, 1.807) is 34.1 Å². The number of halogens is 1. The van der Waals surface area contributed by atoms with Crippen molar-refractivity contribution in [3.63, 3.8) is 0 Å². The number of hydrogen-bond acceptors (Lipinski definition) is 6. The number of phenols is 1. The fraction of sp³-hybridized carbons (Fsp3) is 0.364. The smallest absolute Gasteiger partial charge is 0.245 e. The lowest BCUT2D eigenvalue weighted by molar-refractivity contribution is -0.144. The first kappa shape index (κ1) is 39.5. The second kappa shape index (κ2) is 17.5. The highest BCUT2D eigenvalue weighted by Crippen LogP contribution is 2.28. The molecule has 55 heavy (non-hydrogen) atoms. The summed E-state index contributed by atoms with van der Waals surface area (Å²) in [5.41, 5.74) is 12.7. The van der Waals surface area contributed by atoms with Gasteiger partial charge in [0.05, 0.1) is 6.04 Å². The van der Waals surface area contributed by atoms with E-state index in [0.29, 0.717) is 37.4 Å². The second-order valence-electron chi connectivity index (χ2n) is 14.7. The molecule has 0 unspecified atom stereocenters. The Labute approximate surface area is 328 Å². The van der Waals surface area contributed by atoms with Crippen molar-refractivity contribution in [3.05, 3.63) is 129 Å². The molecule has 0 aliphatic carbocycles. The summed E-state index contributed by atoms with van der Waals surface area (Å²) in [6.45, 7) is 6.64. The highest BCUT2D eigenvalue weighted by Gasteiger charge is 2.39. The minimum atomic E-state index is -0.940. The summed E-state index contributed by atoms with van der Waals surface area (Å²) in [5, 5.41) is 13.7. The number of nitrogens with one attached hydrogen (secondary N) is 1. The molecule has 6 rings (SSSR count). The lowest BCUT2D eigenvalue weighted by Gasteiger charge is -2.40. The molecule has 4 N–H and O–H groups in total. The van der Waals surface area contributed by atoms with E-state index in [9.17, 15) is 24.3 Å². The van der Waals surface area contributed by atoms with Crippen LogP contribution >= 0.6 is 11.6 Å². The van der Waals surface area contributed by atoms with E-state index in [1.807, 2.05) is 92.4 Å². The monoisotopic (exact) mass is 763 g/mol. The number of nitrogens with zero attached hydrogens (tertiary/aromatic N) is 3. The third kappa shape index (κ3) is 9.20. The topological polar surface area (TPSA) is 136 Å². The Morgan fingerprint density at radius 1 is 0.873 bits per heavy atom. The molecule has 10 nitrogen and oxygen atoms in total. The molecule has 3 atom stereocenters. The minimum absolute atomic E-state index is 0.0325. The highest BCUT2D eigenvalue weighted by molar-refractivity contribution is 6.30. The number of amides is 4. The lowest BCUT2D eigenvalue weighted by Crippen LogP contribution is -2.60. The second-order valence-corrected chi connectivity index (χ2v) is 15.2. The van der Waals surface area contributed by atoms with Crippen molar-refractivity contribution >= 4 is 40.9 Å². The van der Waals surface area contributed by atoms with E-state index in [2.05, 4.69) is 5.32 Å². The number of piperidine rings is 1. The molecular formula is C44H50ClN5O5. The van der Waals surface area contributed by atoms with E-state index >= 15 is 0 Å². The number of carbonyl (C=O) groups is 4. The Morgan fingerprint density at radius 2 is 1.49 bits per heavy atom. The van der Waals surface area contributed by atoms with Crippen LogP contribution in [0.25, 0.3) is 0 Å². The number of carbonyl (C=O) groups excluding carboxylic acids is 4. The molecule has 4 aromatic rings. The molecule has 0 saturated carbocycles. The number of nitrogens with two attached hydrogens (primary N) is 1. The van der Waals surface area contributed by atoms with Crippen molar-refractivity contribution in [1.29, 1.82) is 0 Å². The van der Waals surface area contributed by atoms with Crippen LogP contribution < -0.4 is 16.0 Å². The summed E-state index contributed by atoms with van der Waals surface area (Å²) in [5.74, 6) is -0.841. The van der Waals surface area contributed by atoms with Gasteiger partial charge in [-0.25, -0.2) is 0 Å². The lowest BCUT2D eigenvalue weighted by atomic mass is 9.91. The number of rotatable bonds is 11. The van der Waals surface area contributed by atoms with Crippen LogP contribution in [0.4, 0.5) is 5.69 Å². The average Bonchev–Trinajstić information content (AvgIpc) is 3.19. The molecule has 2 aliphatic heterocycles. The molecule has 1 fully saturated rings.